The Hall–Kier alpha value is -3.02. The number of aromatic carboxylic acids is 1. The number of rotatable bonds is 3. The fourth-order valence-corrected chi connectivity index (χ4v) is 2.27. The summed E-state index contributed by atoms with van der Waals surface area (Å²) in [7, 11) is 0. The van der Waals surface area contributed by atoms with Crippen molar-refractivity contribution in [2.75, 3.05) is 0 Å². The van der Waals surface area contributed by atoms with E-state index in [0.717, 1.165) is 11.7 Å². The van der Waals surface area contributed by atoms with E-state index in [1.54, 1.807) is 31.3 Å². The molecule has 1 aromatic carbocycles. The maximum absolute atomic E-state index is 11.1. The predicted molar refractivity (Wildman–Crippen MR) is 75.9 cm³/mol. The summed E-state index contributed by atoms with van der Waals surface area (Å²) in [4.78, 5) is 26.4. The van der Waals surface area contributed by atoms with Gasteiger partial charge in [-0.05, 0) is 31.2 Å². The third-order valence-corrected chi connectivity index (χ3v) is 3.28. The monoisotopic (exact) mass is 281 g/mol. The molecule has 0 fully saturated rings. The van der Waals surface area contributed by atoms with Gasteiger partial charge >= 0.3 is 5.97 Å². The summed E-state index contributed by atoms with van der Waals surface area (Å²) >= 11 is 0. The molecule has 0 radical (unpaired) electrons. The van der Waals surface area contributed by atoms with Gasteiger partial charge in [0, 0.05) is 23.3 Å². The average molecular weight is 281 g/mol. The van der Waals surface area contributed by atoms with Gasteiger partial charge in [0.2, 0.25) is 0 Å². The van der Waals surface area contributed by atoms with Crippen molar-refractivity contribution in [3.05, 3.63) is 53.5 Å². The smallest absolute Gasteiger partial charge is 0.339 e. The van der Waals surface area contributed by atoms with Crippen LogP contribution >= 0.6 is 0 Å². The fourth-order valence-electron chi connectivity index (χ4n) is 2.27. The van der Waals surface area contributed by atoms with Crippen molar-refractivity contribution in [2.24, 2.45) is 0 Å². The number of carboxylic acids is 1. The molecule has 6 heteroatoms. The molecular weight excluding hydrogens is 270 g/mol. The quantitative estimate of drug-likeness (QED) is 0.744. The van der Waals surface area contributed by atoms with Crippen LogP contribution < -0.4 is 0 Å². The van der Waals surface area contributed by atoms with Gasteiger partial charge in [0.05, 0.1) is 16.9 Å². The highest BCUT2D eigenvalue weighted by Gasteiger charge is 2.15. The van der Waals surface area contributed by atoms with Crippen LogP contribution in [0.15, 0.2) is 36.7 Å². The fraction of sp³-hybridized carbons (Fsp3) is 0.0667. The van der Waals surface area contributed by atoms with E-state index in [1.807, 2.05) is 6.07 Å². The molecule has 0 aliphatic rings. The highest BCUT2D eigenvalue weighted by atomic mass is 16.4. The summed E-state index contributed by atoms with van der Waals surface area (Å²) in [6.07, 6.45) is 3.81. The summed E-state index contributed by atoms with van der Waals surface area (Å²) in [6, 6.07) is 6.96. The third kappa shape index (κ3) is 2.06. The first kappa shape index (κ1) is 13.0. The largest absolute Gasteiger partial charge is 0.478 e. The first-order valence-corrected chi connectivity index (χ1v) is 6.24. The molecule has 0 atom stereocenters. The molecule has 21 heavy (non-hydrogen) atoms. The molecule has 0 unspecified atom stereocenters. The molecule has 0 spiro atoms. The molecule has 0 aliphatic heterocycles. The number of aromatic nitrogens is 3. The van der Waals surface area contributed by atoms with Crippen LogP contribution in [0.4, 0.5) is 0 Å². The van der Waals surface area contributed by atoms with Gasteiger partial charge in [-0.1, -0.05) is 0 Å². The number of carbonyl (C=O) groups is 2. The van der Waals surface area contributed by atoms with E-state index in [0.29, 0.717) is 22.5 Å². The van der Waals surface area contributed by atoms with E-state index in [2.05, 4.69) is 10.1 Å². The van der Waals surface area contributed by atoms with Gasteiger partial charge in [0.1, 0.15) is 5.56 Å². The number of carbonyl (C=O) groups excluding carboxylic acids is 1. The molecule has 0 amide bonds. The van der Waals surface area contributed by atoms with Gasteiger partial charge in [0.25, 0.3) is 0 Å². The van der Waals surface area contributed by atoms with Gasteiger partial charge < -0.3 is 5.11 Å². The van der Waals surface area contributed by atoms with Crippen LogP contribution in [-0.2, 0) is 0 Å². The number of aryl methyl sites for hydroxylation is 1. The van der Waals surface area contributed by atoms with Crippen molar-refractivity contribution in [3.8, 4) is 5.69 Å². The first-order chi connectivity index (χ1) is 10.1. The minimum absolute atomic E-state index is 0.145. The van der Waals surface area contributed by atoms with Crippen molar-refractivity contribution < 1.29 is 14.7 Å². The second-order valence-electron chi connectivity index (χ2n) is 4.57. The Morgan fingerprint density at radius 2 is 2.14 bits per heavy atom. The second kappa shape index (κ2) is 4.82. The van der Waals surface area contributed by atoms with E-state index in [4.69, 9.17) is 5.11 Å². The molecule has 0 bridgehead atoms. The van der Waals surface area contributed by atoms with Crippen molar-refractivity contribution in [1.82, 2.24) is 14.8 Å². The zero-order chi connectivity index (χ0) is 15.0. The lowest BCUT2D eigenvalue weighted by Gasteiger charge is -2.07. The predicted octanol–water partition coefficient (Wildman–Crippen LogP) is 2.24. The van der Waals surface area contributed by atoms with Crippen molar-refractivity contribution in [1.29, 1.82) is 0 Å². The minimum atomic E-state index is -1.02. The number of nitrogens with zero attached hydrogens (tertiary/aromatic N) is 3. The van der Waals surface area contributed by atoms with Gasteiger partial charge in [0.15, 0.2) is 6.29 Å². The van der Waals surface area contributed by atoms with E-state index < -0.39 is 5.97 Å². The SMILES string of the molecule is Cc1nn(-c2ccc(C=O)c3ncccc23)cc1C(=O)O. The Bertz CT molecular complexity index is 868. The number of aldehydes is 1. The molecule has 104 valence electrons. The van der Waals surface area contributed by atoms with Crippen LogP contribution in [0.1, 0.15) is 26.4 Å². The lowest BCUT2D eigenvalue weighted by molar-refractivity contribution is 0.0696. The molecule has 0 saturated heterocycles. The van der Waals surface area contributed by atoms with Crippen LogP contribution in [0.3, 0.4) is 0 Å². The van der Waals surface area contributed by atoms with Crippen LogP contribution in [0.2, 0.25) is 0 Å². The molecule has 2 aromatic heterocycles. The van der Waals surface area contributed by atoms with Crippen LogP contribution in [0, 0.1) is 6.92 Å². The molecule has 3 rings (SSSR count). The number of carboxylic acid groups (broad SMARTS) is 1. The maximum Gasteiger partial charge on any atom is 0.339 e. The molecule has 3 aromatic rings. The van der Waals surface area contributed by atoms with Gasteiger partial charge in [-0.3, -0.25) is 9.78 Å². The summed E-state index contributed by atoms with van der Waals surface area (Å²) in [5.74, 6) is -1.02. The van der Waals surface area contributed by atoms with E-state index >= 15 is 0 Å². The van der Waals surface area contributed by atoms with Gasteiger partial charge in [-0.25, -0.2) is 9.48 Å². The lowest BCUT2D eigenvalue weighted by atomic mass is 10.1. The third-order valence-electron chi connectivity index (χ3n) is 3.28. The molecule has 0 saturated carbocycles. The summed E-state index contributed by atoms with van der Waals surface area (Å²) in [6.45, 7) is 1.64. The molecule has 6 nitrogen and oxygen atoms in total. The minimum Gasteiger partial charge on any atom is -0.478 e. The number of pyridine rings is 1. The molecule has 0 aliphatic carbocycles. The number of hydrogen-bond donors (Lipinski definition) is 1. The van der Waals surface area contributed by atoms with Crippen molar-refractivity contribution >= 4 is 23.2 Å². The summed E-state index contributed by atoms with van der Waals surface area (Å²) in [5, 5.41) is 14.1. The second-order valence-corrected chi connectivity index (χ2v) is 4.57. The maximum atomic E-state index is 11.1. The zero-order valence-electron chi connectivity index (χ0n) is 11.1. The average Bonchev–Trinajstić information content (AvgIpc) is 2.88. The Morgan fingerprint density at radius 3 is 2.81 bits per heavy atom. The molecule has 1 N–H and O–H groups in total. The number of hydrogen-bond acceptors (Lipinski definition) is 4. The van der Waals surface area contributed by atoms with Gasteiger partial charge in [-0.15, -0.1) is 0 Å². The zero-order valence-corrected chi connectivity index (χ0v) is 11.1. The molecule has 2 heterocycles. The Labute approximate surface area is 119 Å². The van der Waals surface area contributed by atoms with Crippen LogP contribution in [0.25, 0.3) is 16.6 Å². The van der Waals surface area contributed by atoms with E-state index in [9.17, 15) is 9.59 Å². The standard InChI is InChI=1S/C15H11N3O3/c1-9-12(15(20)21)7-18(17-9)13-5-4-10(8-19)14-11(13)3-2-6-16-14/h2-8H,1H3,(H,20,21). The van der Waals surface area contributed by atoms with E-state index in [1.165, 1.54) is 10.9 Å². The number of benzene rings is 1. The molecular formula is C15H11N3O3. The normalized spacial score (nSPS) is 10.7. The first-order valence-electron chi connectivity index (χ1n) is 6.24. The van der Waals surface area contributed by atoms with Gasteiger partial charge in [-0.2, -0.15) is 5.10 Å². The Morgan fingerprint density at radius 1 is 1.33 bits per heavy atom. The Balaban J connectivity index is 2.28. The summed E-state index contributed by atoms with van der Waals surface area (Å²) < 4.78 is 1.50. The lowest BCUT2D eigenvalue weighted by Crippen LogP contribution is -1.99. The highest BCUT2D eigenvalue weighted by molar-refractivity contribution is 5.99. The topological polar surface area (TPSA) is 85.1 Å². The highest BCUT2D eigenvalue weighted by Crippen LogP contribution is 2.23. The Kier molecular flexibility index (Phi) is 2.98. The van der Waals surface area contributed by atoms with Crippen LogP contribution in [-0.4, -0.2) is 32.1 Å². The van der Waals surface area contributed by atoms with Crippen molar-refractivity contribution in [3.63, 3.8) is 0 Å². The summed E-state index contributed by atoms with van der Waals surface area (Å²) in [5.41, 5.74) is 2.30. The van der Waals surface area contributed by atoms with Crippen LogP contribution in [0.5, 0.6) is 0 Å². The van der Waals surface area contributed by atoms with E-state index in [-0.39, 0.29) is 5.56 Å². The number of fused-ring (bicyclic) bond motifs is 1. The van der Waals surface area contributed by atoms with Crippen molar-refractivity contribution in [2.45, 2.75) is 6.92 Å².